The van der Waals surface area contributed by atoms with Crippen LogP contribution < -0.4 is 4.72 Å². The van der Waals surface area contributed by atoms with Crippen molar-refractivity contribution in [1.29, 1.82) is 0 Å². The monoisotopic (exact) mass is 277 g/mol. The smallest absolute Gasteiger partial charge is 0.207 e. The second kappa shape index (κ2) is 4.22. The Balaban J connectivity index is 2.60. The molecule has 0 spiro atoms. The summed E-state index contributed by atoms with van der Waals surface area (Å²) >= 11 is 7.51. The van der Waals surface area contributed by atoms with Crippen molar-refractivity contribution in [3.8, 4) is 0 Å². The quantitative estimate of drug-likeness (QED) is 0.859. The van der Waals surface area contributed by atoms with Gasteiger partial charge in [-0.25, -0.2) is 8.42 Å². The van der Waals surface area contributed by atoms with Crippen LogP contribution in [0.15, 0.2) is 21.9 Å². The van der Waals surface area contributed by atoms with Gasteiger partial charge in [-0.3, -0.25) is 0 Å². The van der Waals surface area contributed by atoms with E-state index < -0.39 is 10.0 Å². The molecular formula is C10H12ClNO2S2. The van der Waals surface area contributed by atoms with Gasteiger partial charge < -0.3 is 0 Å². The normalized spacial score (nSPS) is 22.8. The average Bonchev–Trinajstić information content (AvgIpc) is 2.20. The predicted octanol–water partition coefficient (Wildman–Crippen LogP) is 2.77. The second-order valence-electron chi connectivity index (χ2n) is 3.68. The van der Waals surface area contributed by atoms with Gasteiger partial charge in [0, 0.05) is 9.92 Å². The highest BCUT2D eigenvalue weighted by molar-refractivity contribution is 8.02. The molecule has 0 aromatic heterocycles. The van der Waals surface area contributed by atoms with E-state index in [1.807, 2.05) is 6.92 Å². The number of thioether (sulfide) groups is 1. The summed E-state index contributed by atoms with van der Waals surface area (Å²) < 4.78 is 26.5. The molecule has 0 bridgehead atoms. The molecule has 1 heterocycles. The van der Waals surface area contributed by atoms with Gasteiger partial charge in [-0.1, -0.05) is 18.5 Å². The molecule has 1 unspecified atom stereocenters. The molecule has 0 radical (unpaired) electrons. The van der Waals surface area contributed by atoms with Gasteiger partial charge in [0.15, 0.2) is 0 Å². The highest BCUT2D eigenvalue weighted by Gasteiger charge is 2.29. The number of hydrogen-bond donors (Lipinski definition) is 1. The molecule has 3 nitrogen and oxygen atoms in total. The van der Waals surface area contributed by atoms with Crippen LogP contribution in [0.5, 0.6) is 0 Å². The lowest BCUT2D eigenvalue weighted by Gasteiger charge is -2.24. The molecule has 1 aromatic rings. The maximum atomic E-state index is 11.9. The Hall–Kier alpha value is -0.230. The van der Waals surface area contributed by atoms with Crippen LogP contribution in [0.1, 0.15) is 18.9 Å². The van der Waals surface area contributed by atoms with E-state index in [4.69, 9.17) is 11.6 Å². The molecule has 16 heavy (non-hydrogen) atoms. The molecular weight excluding hydrogens is 266 g/mol. The Labute approximate surface area is 105 Å². The molecule has 1 aliphatic heterocycles. The second-order valence-corrected chi connectivity index (χ2v) is 7.02. The minimum absolute atomic E-state index is 0.101. The molecule has 2 rings (SSSR count). The third-order valence-electron chi connectivity index (χ3n) is 2.44. The molecule has 0 saturated heterocycles. The van der Waals surface area contributed by atoms with Gasteiger partial charge in [-0.2, -0.15) is 4.72 Å². The Morgan fingerprint density at radius 2 is 2.19 bits per heavy atom. The van der Waals surface area contributed by atoms with Crippen LogP contribution in [0.4, 0.5) is 0 Å². The van der Waals surface area contributed by atoms with Crippen LogP contribution in [0, 0.1) is 6.92 Å². The number of benzene rings is 1. The molecule has 1 aliphatic rings. The third kappa shape index (κ3) is 2.09. The summed E-state index contributed by atoms with van der Waals surface area (Å²) in [5, 5.41) is 0.509. The number of rotatable bonds is 1. The van der Waals surface area contributed by atoms with Gasteiger partial charge in [0.25, 0.3) is 0 Å². The minimum atomic E-state index is -3.37. The van der Waals surface area contributed by atoms with E-state index in [1.54, 1.807) is 19.1 Å². The van der Waals surface area contributed by atoms with E-state index in [-0.39, 0.29) is 5.37 Å². The first kappa shape index (κ1) is 12.2. The number of sulfonamides is 1. The SMILES string of the molecule is CCC1NS(=O)(=O)c2cc(C)c(Cl)cc2S1. The zero-order valence-electron chi connectivity index (χ0n) is 8.95. The fourth-order valence-electron chi connectivity index (χ4n) is 1.52. The number of halogens is 1. The number of nitrogens with one attached hydrogen (secondary N) is 1. The number of aryl methyl sites for hydroxylation is 1. The molecule has 1 aromatic carbocycles. The first-order valence-electron chi connectivity index (χ1n) is 4.93. The summed E-state index contributed by atoms with van der Waals surface area (Å²) in [6.45, 7) is 3.75. The van der Waals surface area contributed by atoms with Crippen LogP contribution in [0.25, 0.3) is 0 Å². The molecule has 0 aliphatic carbocycles. The first-order chi connectivity index (χ1) is 7.44. The van der Waals surface area contributed by atoms with E-state index >= 15 is 0 Å². The zero-order chi connectivity index (χ0) is 11.9. The lowest BCUT2D eigenvalue weighted by molar-refractivity contribution is 0.571. The van der Waals surface area contributed by atoms with Crippen molar-refractivity contribution in [2.45, 2.75) is 35.4 Å². The van der Waals surface area contributed by atoms with Crippen molar-refractivity contribution in [1.82, 2.24) is 4.72 Å². The topological polar surface area (TPSA) is 46.2 Å². The first-order valence-corrected chi connectivity index (χ1v) is 7.67. The predicted molar refractivity (Wildman–Crippen MR) is 66.4 cm³/mol. The van der Waals surface area contributed by atoms with Gasteiger partial charge in [-0.15, -0.1) is 11.8 Å². The van der Waals surface area contributed by atoms with Crippen molar-refractivity contribution in [3.63, 3.8) is 0 Å². The molecule has 1 N–H and O–H groups in total. The number of hydrogen-bond acceptors (Lipinski definition) is 3. The van der Waals surface area contributed by atoms with E-state index in [9.17, 15) is 8.42 Å². The maximum absolute atomic E-state index is 11.9. The average molecular weight is 278 g/mol. The fraction of sp³-hybridized carbons (Fsp3) is 0.400. The van der Waals surface area contributed by atoms with Gasteiger partial charge >= 0.3 is 0 Å². The van der Waals surface area contributed by atoms with Crippen LogP contribution in [-0.4, -0.2) is 13.8 Å². The Morgan fingerprint density at radius 1 is 1.50 bits per heavy atom. The van der Waals surface area contributed by atoms with E-state index in [0.717, 1.165) is 16.9 Å². The lowest BCUT2D eigenvalue weighted by atomic mass is 10.2. The highest BCUT2D eigenvalue weighted by Crippen LogP contribution is 2.38. The maximum Gasteiger partial charge on any atom is 0.242 e. The lowest BCUT2D eigenvalue weighted by Crippen LogP contribution is -2.35. The van der Waals surface area contributed by atoms with Gasteiger partial charge in [-0.05, 0) is 31.0 Å². The minimum Gasteiger partial charge on any atom is -0.207 e. The molecule has 6 heteroatoms. The Bertz CT molecular complexity index is 528. The third-order valence-corrected chi connectivity index (χ3v) is 5.97. The van der Waals surface area contributed by atoms with Crippen molar-refractivity contribution < 1.29 is 8.42 Å². The van der Waals surface area contributed by atoms with Crippen LogP contribution >= 0.6 is 23.4 Å². The van der Waals surface area contributed by atoms with E-state index in [1.165, 1.54) is 11.8 Å². The van der Waals surface area contributed by atoms with Crippen molar-refractivity contribution in [2.24, 2.45) is 0 Å². The van der Waals surface area contributed by atoms with Crippen LogP contribution in [0.2, 0.25) is 5.02 Å². The van der Waals surface area contributed by atoms with Gasteiger partial charge in [0.2, 0.25) is 10.0 Å². The van der Waals surface area contributed by atoms with Crippen LogP contribution in [0.3, 0.4) is 0 Å². The number of fused-ring (bicyclic) bond motifs is 1. The summed E-state index contributed by atoms with van der Waals surface area (Å²) in [5.41, 5.74) is 0.779. The molecule has 88 valence electrons. The Kier molecular flexibility index (Phi) is 3.22. The Morgan fingerprint density at radius 3 is 2.81 bits per heavy atom. The summed E-state index contributed by atoms with van der Waals surface area (Å²) in [4.78, 5) is 1.07. The molecule has 0 saturated carbocycles. The van der Waals surface area contributed by atoms with Crippen molar-refractivity contribution >= 4 is 33.4 Å². The van der Waals surface area contributed by atoms with E-state index in [2.05, 4.69) is 4.72 Å². The summed E-state index contributed by atoms with van der Waals surface area (Å²) in [6, 6.07) is 3.36. The summed E-state index contributed by atoms with van der Waals surface area (Å²) in [7, 11) is -3.37. The molecule has 0 amide bonds. The fourth-order valence-corrected chi connectivity index (χ4v) is 4.92. The largest absolute Gasteiger partial charge is 0.242 e. The van der Waals surface area contributed by atoms with Gasteiger partial charge in [0.05, 0.1) is 10.3 Å². The zero-order valence-corrected chi connectivity index (χ0v) is 11.3. The van der Waals surface area contributed by atoms with Crippen LogP contribution in [-0.2, 0) is 10.0 Å². The molecule has 0 fully saturated rings. The van der Waals surface area contributed by atoms with E-state index in [0.29, 0.717) is 9.92 Å². The van der Waals surface area contributed by atoms with Crippen molar-refractivity contribution in [3.05, 3.63) is 22.7 Å². The van der Waals surface area contributed by atoms with Gasteiger partial charge in [0.1, 0.15) is 0 Å². The summed E-state index contributed by atoms with van der Waals surface area (Å²) in [6.07, 6.45) is 0.745. The summed E-state index contributed by atoms with van der Waals surface area (Å²) in [5.74, 6) is 0. The highest BCUT2D eigenvalue weighted by atomic mass is 35.5. The van der Waals surface area contributed by atoms with Crippen molar-refractivity contribution in [2.75, 3.05) is 0 Å². The molecule has 1 atom stereocenters. The standard InChI is InChI=1S/C10H12ClNO2S2/c1-3-10-12-16(13,14)9-4-6(2)7(11)5-8(9)15-10/h4-5,10,12H,3H2,1-2H3.